The third-order valence-corrected chi connectivity index (χ3v) is 3.02. The van der Waals surface area contributed by atoms with Crippen LogP contribution in [0.1, 0.15) is 24.8 Å². The topological polar surface area (TPSA) is 26.0 Å². The van der Waals surface area contributed by atoms with Gasteiger partial charge in [-0.05, 0) is 29.9 Å². The monoisotopic (exact) mass is 161 g/mol. The van der Waals surface area contributed by atoms with Crippen LogP contribution >= 0.6 is 0 Å². The molecule has 0 radical (unpaired) electrons. The Morgan fingerprint density at radius 3 is 2.58 bits per heavy atom. The summed E-state index contributed by atoms with van der Waals surface area (Å²) in [6.45, 7) is 3.08. The highest BCUT2D eigenvalue weighted by atomic mass is 14.7. The van der Waals surface area contributed by atoms with Crippen molar-refractivity contribution in [2.45, 2.75) is 19.3 Å². The molecule has 12 heavy (non-hydrogen) atoms. The molecule has 1 aromatic carbocycles. The summed E-state index contributed by atoms with van der Waals surface area (Å²) in [5, 5.41) is 0. The molecule has 1 aromatic rings. The molecule has 1 fully saturated rings. The third kappa shape index (κ3) is 1.14. The molecule has 0 amide bonds. The summed E-state index contributed by atoms with van der Waals surface area (Å²) in [4.78, 5) is 0. The molecule has 2 N–H and O–H groups in total. The molecule has 0 unspecified atom stereocenters. The number of rotatable bonds is 2. The van der Waals surface area contributed by atoms with E-state index in [2.05, 4.69) is 37.3 Å². The number of nitrogens with two attached hydrogens (primary N) is 1. The lowest BCUT2D eigenvalue weighted by atomic mass is 10.0. The Balaban J connectivity index is 2.16. The summed E-state index contributed by atoms with van der Waals surface area (Å²) in [7, 11) is 0. The highest BCUT2D eigenvalue weighted by Crippen LogP contribution is 2.58. The summed E-state index contributed by atoms with van der Waals surface area (Å²) in [6, 6.07) is 10.7. The summed E-state index contributed by atoms with van der Waals surface area (Å²) in [6.07, 6.45) is 1.26. The number of benzene rings is 1. The van der Waals surface area contributed by atoms with Crippen LogP contribution in [0, 0.1) is 5.41 Å². The Bertz CT molecular complexity index is 268. The standard InChI is InChI=1S/C11H15N/c1-11(8-12)7-10(11)9-5-3-2-4-6-9/h2-6,10H,7-8,12H2,1H3/t10-,11-/m1/s1. The van der Waals surface area contributed by atoms with Gasteiger partial charge in [0.05, 0.1) is 0 Å². The zero-order chi connectivity index (χ0) is 8.60. The largest absolute Gasteiger partial charge is 0.330 e. The summed E-state index contributed by atoms with van der Waals surface area (Å²) < 4.78 is 0. The smallest absolute Gasteiger partial charge is 0.00171 e. The van der Waals surface area contributed by atoms with Crippen molar-refractivity contribution in [3.8, 4) is 0 Å². The van der Waals surface area contributed by atoms with Crippen LogP contribution in [0.2, 0.25) is 0 Å². The molecule has 1 saturated carbocycles. The van der Waals surface area contributed by atoms with E-state index >= 15 is 0 Å². The van der Waals surface area contributed by atoms with Gasteiger partial charge in [-0.2, -0.15) is 0 Å². The van der Waals surface area contributed by atoms with Crippen LogP contribution in [0.3, 0.4) is 0 Å². The molecule has 0 heterocycles. The molecule has 1 aliphatic carbocycles. The van der Waals surface area contributed by atoms with Crippen molar-refractivity contribution in [3.05, 3.63) is 35.9 Å². The van der Waals surface area contributed by atoms with E-state index in [4.69, 9.17) is 5.73 Å². The van der Waals surface area contributed by atoms with E-state index in [-0.39, 0.29) is 0 Å². The Kier molecular flexibility index (Phi) is 1.69. The van der Waals surface area contributed by atoms with Crippen molar-refractivity contribution in [3.63, 3.8) is 0 Å². The molecule has 1 aliphatic rings. The van der Waals surface area contributed by atoms with E-state index in [0.29, 0.717) is 11.3 Å². The lowest BCUT2D eigenvalue weighted by Crippen LogP contribution is -2.13. The molecule has 1 nitrogen and oxygen atoms in total. The maximum absolute atomic E-state index is 5.70. The van der Waals surface area contributed by atoms with Gasteiger partial charge in [0.1, 0.15) is 0 Å². The molecular weight excluding hydrogens is 146 g/mol. The van der Waals surface area contributed by atoms with Crippen molar-refractivity contribution in [1.82, 2.24) is 0 Å². The predicted octanol–water partition coefficient (Wildman–Crippen LogP) is 2.14. The molecule has 0 bridgehead atoms. The first-order chi connectivity index (χ1) is 5.76. The van der Waals surface area contributed by atoms with Crippen molar-refractivity contribution >= 4 is 0 Å². The summed E-state index contributed by atoms with van der Waals surface area (Å²) in [5.74, 6) is 0.712. The first-order valence-electron chi connectivity index (χ1n) is 4.51. The maximum Gasteiger partial charge on any atom is -0.00171 e. The van der Waals surface area contributed by atoms with E-state index in [0.717, 1.165) is 6.54 Å². The van der Waals surface area contributed by atoms with Crippen LogP contribution in [0.25, 0.3) is 0 Å². The molecule has 0 saturated heterocycles. The van der Waals surface area contributed by atoms with Crippen LogP contribution in [-0.2, 0) is 0 Å². The lowest BCUT2D eigenvalue weighted by molar-refractivity contribution is 0.564. The van der Waals surface area contributed by atoms with Gasteiger partial charge in [0, 0.05) is 0 Å². The average molecular weight is 161 g/mol. The minimum atomic E-state index is 0.390. The van der Waals surface area contributed by atoms with Gasteiger partial charge in [-0.15, -0.1) is 0 Å². The average Bonchev–Trinajstić information content (AvgIpc) is 2.81. The van der Waals surface area contributed by atoms with Gasteiger partial charge in [-0.1, -0.05) is 37.3 Å². The minimum absolute atomic E-state index is 0.390. The Labute approximate surface area is 73.6 Å². The van der Waals surface area contributed by atoms with Crippen LogP contribution in [0.5, 0.6) is 0 Å². The van der Waals surface area contributed by atoms with Crippen molar-refractivity contribution < 1.29 is 0 Å². The van der Waals surface area contributed by atoms with Gasteiger partial charge >= 0.3 is 0 Å². The van der Waals surface area contributed by atoms with Crippen LogP contribution in [-0.4, -0.2) is 6.54 Å². The molecule has 2 rings (SSSR count). The number of hydrogen-bond donors (Lipinski definition) is 1. The highest BCUT2D eigenvalue weighted by Gasteiger charge is 2.49. The number of hydrogen-bond acceptors (Lipinski definition) is 1. The summed E-state index contributed by atoms with van der Waals surface area (Å²) >= 11 is 0. The van der Waals surface area contributed by atoms with Gasteiger partial charge in [0.15, 0.2) is 0 Å². The quantitative estimate of drug-likeness (QED) is 0.706. The van der Waals surface area contributed by atoms with Crippen LogP contribution in [0.15, 0.2) is 30.3 Å². The molecular formula is C11H15N. The molecule has 2 atom stereocenters. The van der Waals surface area contributed by atoms with Crippen molar-refractivity contribution in [2.75, 3.05) is 6.54 Å². The van der Waals surface area contributed by atoms with Gasteiger partial charge in [-0.3, -0.25) is 0 Å². The van der Waals surface area contributed by atoms with Gasteiger partial charge in [0.2, 0.25) is 0 Å². The molecule has 0 aromatic heterocycles. The lowest BCUT2D eigenvalue weighted by Gasteiger charge is -2.06. The van der Waals surface area contributed by atoms with E-state index in [1.165, 1.54) is 12.0 Å². The second kappa shape index (κ2) is 2.60. The Morgan fingerprint density at radius 2 is 2.08 bits per heavy atom. The van der Waals surface area contributed by atoms with Gasteiger partial charge < -0.3 is 5.73 Å². The fourth-order valence-electron chi connectivity index (χ4n) is 1.84. The fourth-order valence-corrected chi connectivity index (χ4v) is 1.84. The second-order valence-electron chi connectivity index (χ2n) is 4.03. The van der Waals surface area contributed by atoms with Crippen molar-refractivity contribution in [1.29, 1.82) is 0 Å². The minimum Gasteiger partial charge on any atom is -0.330 e. The molecule has 0 aliphatic heterocycles. The van der Waals surface area contributed by atoms with E-state index in [1.807, 2.05) is 0 Å². The van der Waals surface area contributed by atoms with Gasteiger partial charge in [0.25, 0.3) is 0 Å². The second-order valence-corrected chi connectivity index (χ2v) is 4.03. The van der Waals surface area contributed by atoms with Crippen LogP contribution < -0.4 is 5.73 Å². The fraction of sp³-hybridized carbons (Fsp3) is 0.455. The molecule has 1 heteroatoms. The normalized spacial score (nSPS) is 33.3. The zero-order valence-corrected chi connectivity index (χ0v) is 7.46. The van der Waals surface area contributed by atoms with Gasteiger partial charge in [-0.25, -0.2) is 0 Å². The first-order valence-corrected chi connectivity index (χ1v) is 4.51. The zero-order valence-electron chi connectivity index (χ0n) is 7.46. The molecule has 0 spiro atoms. The Morgan fingerprint density at radius 1 is 1.42 bits per heavy atom. The highest BCUT2D eigenvalue weighted by molar-refractivity contribution is 5.29. The van der Waals surface area contributed by atoms with Crippen molar-refractivity contribution in [2.24, 2.45) is 11.1 Å². The first kappa shape index (κ1) is 7.81. The van der Waals surface area contributed by atoms with Crippen LogP contribution in [0.4, 0.5) is 0 Å². The predicted molar refractivity (Wildman–Crippen MR) is 51.0 cm³/mol. The molecule has 64 valence electrons. The third-order valence-electron chi connectivity index (χ3n) is 3.02. The maximum atomic E-state index is 5.70. The summed E-state index contributed by atoms with van der Waals surface area (Å²) in [5.41, 5.74) is 7.54. The van der Waals surface area contributed by atoms with E-state index in [9.17, 15) is 0 Å². The SMILES string of the molecule is C[C@]1(CN)C[C@@H]1c1ccccc1. The van der Waals surface area contributed by atoms with E-state index < -0.39 is 0 Å². The van der Waals surface area contributed by atoms with E-state index in [1.54, 1.807) is 0 Å². The Hall–Kier alpha value is -0.820.